The molecular formula is C14H13ClN4. The van der Waals surface area contributed by atoms with Gasteiger partial charge < -0.3 is 0 Å². The van der Waals surface area contributed by atoms with Crippen LogP contribution in [0.4, 0.5) is 0 Å². The molecule has 0 aliphatic heterocycles. The van der Waals surface area contributed by atoms with Gasteiger partial charge >= 0.3 is 0 Å². The Morgan fingerprint density at radius 1 is 1.11 bits per heavy atom. The molecule has 0 N–H and O–H groups in total. The van der Waals surface area contributed by atoms with E-state index in [-0.39, 0.29) is 5.92 Å². The summed E-state index contributed by atoms with van der Waals surface area (Å²) in [7, 11) is 0. The molecule has 2 heterocycles. The molecule has 1 atom stereocenters. The van der Waals surface area contributed by atoms with Crippen LogP contribution in [0.2, 0.25) is 5.15 Å². The first-order chi connectivity index (χ1) is 9.29. The topological polar surface area (TPSA) is 43.1 Å². The maximum Gasteiger partial charge on any atom is 0.178 e. The highest BCUT2D eigenvalue weighted by atomic mass is 35.5. The summed E-state index contributed by atoms with van der Waals surface area (Å²) in [5, 5.41) is 13.1. The van der Waals surface area contributed by atoms with E-state index in [1.165, 1.54) is 5.56 Å². The molecule has 96 valence electrons. The number of hydrogen-bond acceptors (Lipinski definition) is 3. The zero-order valence-electron chi connectivity index (χ0n) is 10.5. The van der Waals surface area contributed by atoms with Crippen LogP contribution in [0, 0.1) is 0 Å². The average molecular weight is 273 g/mol. The third kappa shape index (κ3) is 2.19. The minimum atomic E-state index is 0.169. The maximum atomic E-state index is 5.95. The molecule has 5 heteroatoms. The summed E-state index contributed by atoms with van der Waals surface area (Å²) in [5.41, 5.74) is 1.93. The highest BCUT2D eigenvalue weighted by Gasteiger charge is 2.19. The van der Waals surface area contributed by atoms with Crippen LogP contribution < -0.4 is 0 Å². The van der Waals surface area contributed by atoms with E-state index in [0.717, 1.165) is 12.2 Å². The Morgan fingerprint density at radius 3 is 2.63 bits per heavy atom. The van der Waals surface area contributed by atoms with Crippen molar-refractivity contribution in [2.75, 3.05) is 0 Å². The van der Waals surface area contributed by atoms with E-state index >= 15 is 0 Å². The van der Waals surface area contributed by atoms with Gasteiger partial charge in [-0.3, -0.25) is 0 Å². The summed E-state index contributed by atoms with van der Waals surface area (Å²) < 4.78 is 1.73. The number of fused-ring (bicyclic) bond motifs is 1. The molecule has 4 nitrogen and oxygen atoms in total. The van der Waals surface area contributed by atoms with Gasteiger partial charge in [0.05, 0.1) is 0 Å². The predicted octanol–water partition coefficient (Wildman–Crippen LogP) is 3.32. The number of rotatable bonds is 3. The molecule has 0 saturated heterocycles. The molecule has 3 aromatic rings. The van der Waals surface area contributed by atoms with Crippen LogP contribution in [0.15, 0.2) is 42.5 Å². The first kappa shape index (κ1) is 12.1. The fourth-order valence-corrected chi connectivity index (χ4v) is 2.39. The van der Waals surface area contributed by atoms with Gasteiger partial charge in [0.2, 0.25) is 0 Å². The van der Waals surface area contributed by atoms with Crippen LogP contribution in [0.3, 0.4) is 0 Å². The normalized spacial score (nSPS) is 12.7. The second-order valence-electron chi connectivity index (χ2n) is 4.36. The van der Waals surface area contributed by atoms with Crippen LogP contribution in [0.5, 0.6) is 0 Å². The Morgan fingerprint density at radius 2 is 1.89 bits per heavy atom. The van der Waals surface area contributed by atoms with Gasteiger partial charge in [0, 0.05) is 5.92 Å². The second kappa shape index (κ2) is 4.97. The second-order valence-corrected chi connectivity index (χ2v) is 4.74. The quantitative estimate of drug-likeness (QED) is 0.735. The zero-order valence-corrected chi connectivity index (χ0v) is 11.2. The number of benzene rings is 1. The van der Waals surface area contributed by atoms with Crippen LogP contribution in [0.25, 0.3) is 5.65 Å². The molecule has 0 spiro atoms. The Labute approximate surface area is 116 Å². The van der Waals surface area contributed by atoms with Crippen molar-refractivity contribution in [2.24, 2.45) is 0 Å². The van der Waals surface area contributed by atoms with E-state index in [0.29, 0.717) is 10.8 Å². The van der Waals surface area contributed by atoms with Crippen molar-refractivity contribution in [3.63, 3.8) is 0 Å². The molecule has 0 aliphatic carbocycles. The van der Waals surface area contributed by atoms with E-state index in [1.54, 1.807) is 10.6 Å². The van der Waals surface area contributed by atoms with Gasteiger partial charge in [0.1, 0.15) is 5.15 Å². The largest absolute Gasteiger partial charge is 0.195 e. The van der Waals surface area contributed by atoms with Crippen LogP contribution in [-0.2, 0) is 0 Å². The van der Waals surface area contributed by atoms with Gasteiger partial charge in [-0.2, -0.15) is 9.61 Å². The summed E-state index contributed by atoms with van der Waals surface area (Å²) >= 11 is 5.95. The lowest BCUT2D eigenvalue weighted by Gasteiger charge is -2.12. The zero-order chi connectivity index (χ0) is 13.2. The third-order valence-electron chi connectivity index (χ3n) is 3.18. The van der Waals surface area contributed by atoms with E-state index in [9.17, 15) is 0 Å². The van der Waals surface area contributed by atoms with Gasteiger partial charge in [0.15, 0.2) is 11.5 Å². The molecule has 0 amide bonds. The summed E-state index contributed by atoms with van der Waals surface area (Å²) in [5.74, 6) is 0.994. The average Bonchev–Trinajstić information content (AvgIpc) is 2.84. The van der Waals surface area contributed by atoms with E-state index in [2.05, 4.69) is 34.4 Å². The molecular weight excluding hydrogens is 260 g/mol. The number of nitrogens with zero attached hydrogens (tertiary/aromatic N) is 4. The molecule has 19 heavy (non-hydrogen) atoms. The minimum Gasteiger partial charge on any atom is -0.195 e. The lowest BCUT2D eigenvalue weighted by Crippen LogP contribution is -2.07. The fourth-order valence-electron chi connectivity index (χ4n) is 2.25. The van der Waals surface area contributed by atoms with Crippen LogP contribution in [0.1, 0.15) is 30.7 Å². The Bertz CT molecular complexity index is 693. The molecule has 0 bridgehead atoms. The molecule has 0 saturated carbocycles. The monoisotopic (exact) mass is 272 g/mol. The molecule has 0 fully saturated rings. The summed E-state index contributed by atoms with van der Waals surface area (Å²) in [4.78, 5) is 0. The summed E-state index contributed by atoms with van der Waals surface area (Å²) in [6.45, 7) is 2.13. The van der Waals surface area contributed by atoms with Crippen LogP contribution in [-0.4, -0.2) is 19.8 Å². The summed E-state index contributed by atoms with van der Waals surface area (Å²) in [6.07, 6.45) is 0.930. The molecule has 0 aliphatic rings. The number of hydrogen-bond donors (Lipinski definition) is 0. The molecule has 2 aromatic heterocycles. The standard InChI is InChI=1S/C14H13ClN4/c1-2-11(10-6-4-3-5-7-10)14-17-16-13-9-8-12(15)18-19(13)14/h3-9,11H,2H2,1H3. The van der Waals surface area contributed by atoms with E-state index in [4.69, 9.17) is 11.6 Å². The number of aromatic nitrogens is 4. The van der Waals surface area contributed by atoms with Gasteiger partial charge in [-0.15, -0.1) is 10.2 Å². The molecule has 0 radical (unpaired) electrons. The van der Waals surface area contributed by atoms with Crippen molar-refractivity contribution >= 4 is 17.2 Å². The Hall–Kier alpha value is -1.94. The molecule has 1 aromatic carbocycles. The third-order valence-corrected chi connectivity index (χ3v) is 3.38. The Kier molecular flexibility index (Phi) is 3.17. The van der Waals surface area contributed by atoms with Crippen molar-refractivity contribution in [3.05, 3.63) is 59.0 Å². The first-order valence-electron chi connectivity index (χ1n) is 6.22. The lowest BCUT2D eigenvalue weighted by atomic mass is 9.96. The van der Waals surface area contributed by atoms with Gasteiger partial charge in [-0.05, 0) is 24.1 Å². The predicted molar refractivity (Wildman–Crippen MR) is 74.4 cm³/mol. The summed E-state index contributed by atoms with van der Waals surface area (Å²) in [6, 6.07) is 13.8. The number of halogens is 1. The van der Waals surface area contributed by atoms with Crippen molar-refractivity contribution in [2.45, 2.75) is 19.3 Å². The maximum absolute atomic E-state index is 5.95. The van der Waals surface area contributed by atoms with Crippen molar-refractivity contribution in [1.82, 2.24) is 19.8 Å². The molecule has 3 rings (SSSR count). The van der Waals surface area contributed by atoms with E-state index < -0.39 is 0 Å². The highest BCUT2D eigenvalue weighted by molar-refractivity contribution is 6.29. The van der Waals surface area contributed by atoms with Gasteiger partial charge in [-0.1, -0.05) is 48.9 Å². The smallest absolute Gasteiger partial charge is 0.178 e. The van der Waals surface area contributed by atoms with Gasteiger partial charge in [0.25, 0.3) is 0 Å². The van der Waals surface area contributed by atoms with Crippen molar-refractivity contribution in [3.8, 4) is 0 Å². The SMILES string of the molecule is CCC(c1ccccc1)c1nnc2ccc(Cl)nn12. The highest BCUT2D eigenvalue weighted by Crippen LogP contribution is 2.26. The minimum absolute atomic E-state index is 0.169. The van der Waals surface area contributed by atoms with Crippen molar-refractivity contribution in [1.29, 1.82) is 0 Å². The first-order valence-corrected chi connectivity index (χ1v) is 6.60. The fraction of sp³-hybridized carbons (Fsp3) is 0.214. The lowest BCUT2D eigenvalue weighted by molar-refractivity contribution is 0.681. The van der Waals surface area contributed by atoms with Crippen molar-refractivity contribution < 1.29 is 0 Å². The van der Waals surface area contributed by atoms with E-state index in [1.807, 2.05) is 24.3 Å². The molecule has 1 unspecified atom stereocenters. The Balaban J connectivity index is 2.14. The van der Waals surface area contributed by atoms with Crippen LogP contribution >= 0.6 is 11.6 Å². The van der Waals surface area contributed by atoms with Gasteiger partial charge in [-0.25, -0.2) is 0 Å².